The van der Waals surface area contributed by atoms with Crippen LogP contribution in [0.4, 0.5) is 21.0 Å². The van der Waals surface area contributed by atoms with Crippen LogP contribution in [-0.2, 0) is 20.9 Å². The number of nitrogens with two attached hydrogens (primary N) is 1. The molecular formula is C27H34N6O11. The summed E-state index contributed by atoms with van der Waals surface area (Å²) in [6.07, 6.45) is 0.595. The molecular weight excluding hydrogens is 584 g/mol. The van der Waals surface area contributed by atoms with Gasteiger partial charge in [0.1, 0.15) is 18.4 Å². The maximum absolute atomic E-state index is 12.4. The second kappa shape index (κ2) is 18.3. The van der Waals surface area contributed by atoms with Crippen molar-refractivity contribution in [3.8, 4) is 5.75 Å². The van der Waals surface area contributed by atoms with Crippen LogP contribution in [0, 0.1) is 20.2 Å². The van der Waals surface area contributed by atoms with Gasteiger partial charge in [0.05, 0.1) is 15.9 Å². The fourth-order valence-electron chi connectivity index (χ4n) is 3.70. The van der Waals surface area contributed by atoms with E-state index in [4.69, 9.17) is 15.2 Å². The molecule has 0 fully saturated rings. The highest BCUT2D eigenvalue weighted by Gasteiger charge is 2.23. The van der Waals surface area contributed by atoms with E-state index in [9.17, 15) is 44.5 Å². The summed E-state index contributed by atoms with van der Waals surface area (Å²) in [5.41, 5.74) is 6.24. The first-order chi connectivity index (χ1) is 21.0. The molecule has 0 aliphatic carbocycles. The minimum atomic E-state index is -1.23. The lowest BCUT2D eigenvalue weighted by atomic mass is 10.1. The number of benzene rings is 2. The number of ether oxygens (including phenoxy) is 2. The standard InChI is InChI=1S/C27H34N6O11/c28-22(5-1-3-16-30-27(38)44-21-13-11-20(12-14-21)33(41)42)24(34)31-23(25(35)36)6-2-4-15-29-26(37)43-17-18-7-9-19(10-8-18)32(39)40/h7-14,22-23H,1-6,15-17,28H2,(H,29,37)(H,30,38)(H,31,34)(H,35,36). The van der Waals surface area contributed by atoms with Crippen molar-refractivity contribution in [3.63, 3.8) is 0 Å². The maximum atomic E-state index is 12.4. The highest BCUT2D eigenvalue weighted by molar-refractivity contribution is 5.86. The van der Waals surface area contributed by atoms with Crippen LogP contribution >= 0.6 is 0 Å². The topological polar surface area (TPSA) is 255 Å². The summed E-state index contributed by atoms with van der Waals surface area (Å²) in [6, 6.07) is 8.41. The molecule has 2 rings (SSSR count). The molecule has 17 nitrogen and oxygen atoms in total. The quantitative estimate of drug-likeness (QED) is 0.0918. The molecule has 2 aromatic rings. The van der Waals surface area contributed by atoms with Gasteiger partial charge in [-0.05, 0) is 68.4 Å². The minimum Gasteiger partial charge on any atom is -0.480 e. The van der Waals surface area contributed by atoms with E-state index in [0.29, 0.717) is 31.2 Å². The summed E-state index contributed by atoms with van der Waals surface area (Å²) in [7, 11) is 0. The molecule has 0 saturated carbocycles. The van der Waals surface area contributed by atoms with Crippen molar-refractivity contribution in [3.05, 3.63) is 74.3 Å². The molecule has 0 radical (unpaired) electrons. The fraction of sp³-hybridized carbons (Fsp3) is 0.407. The van der Waals surface area contributed by atoms with Gasteiger partial charge in [0, 0.05) is 37.4 Å². The van der Waals surface area contributed by atoms with E-state index < -0.39 is 46.0 Å². The third-order valence-corrected chi connectivity index (χ3v) is 6.13. The van der Waals surface area contributed by atoms with Gasteiger partial charge in [0.15, 0.2) is 0 Å². The highest BCUT2D eigenvalue weighted by Crippen LogP contribution is 2.17. The van der Waals surface area contributed by atoms with Crippen LogP contribution < -0.4 is 26.4 Å². The SMILES string of the molecule is NC(CCCCNC(=O)Oc1ccc([N+](=O)[O-])cc1)C(=O)NC(CCCCNC(=O)OCc1ccc([N+](=O)[O-])cc1)C(=O)O. The molecule has 0 heterocycles. The van der Waals surface area contributed by atoms with Gasteiger partial charge in [-0.3, -0.25) is 25.0 Å². The number of nitrogens with zero attached hydrogens (tertiary/aromatic N) is 2. The Morgan fingerprint density at radius 3 is 1.86 bits per heavy atom. The number of aliphatic carboxylic acids is 1. The van der Waals surface area contributed by atoms with Gasteiger partial charge in [0.25, 0.3) is 11.4 Å². The normalized spacial score (nSPS) is 11.8. The van der Waals surface area contributed by atoms with Crippen LogP contribution in [-0.4, -0.2) is 64.2 Å². The van der Waals surface area contributed by atoms with E-state index in [1.165, 1.54) is 48.5 Å². The Balaban J connectivity index is 1.57. The van der Waals surface area contributed by atoms with Gasteiger partial charge in [-0.1, -0.05) is 0 Å². The number of hydrogen-bond donors (Lipinski definition) is 5. The number of hydrogen-bond acceptors (Lipinski definition) is 11. The van der Waals surface area contributed by atoms with E-state index in [-0.39, 0.29) is 49.7 Å². The largest absolute Gasteiger partial charge is 0.480 e. The lowest BCUT2D eigenvalue weighted by Crippen LogP contribution is -2.48. The van der Waals surface area contributed by atoms with E-state index in [0.717, 1.165) is 0 Å². The number of carboxylic acid groups (broad SMARTS) is 1. The molecule has 0 saturated heterocycles. The van der Waals surface area contributed by atoms with Crippen LogP contribution in [0.25, 0.3) is 0 Å². The first kappa shape index (κ1) is 34.9. The predicted octanol–water partition coefficient (Wildman–Crippen LogP) is 2.76. The third-order valence-electron chi connectivity index (χ3n) is 6.13. The zero-order valence-corrected chi connectivity index (χ0v) is 23.6. The first-order valence-corrected chi connectivity index (χ1v) is 13.6. The molecule has 17 heteroatoms. The molecule has 0 spiro atoms. The number of alkyl carbamates (subject to hydrolysis) is 1. The van der Waals surface area contributed by atoms with Crippen molar-refractivity contribution in [1.29, 1.82) is 0 Å². The average Bonchev–Trinajstić information content (AvgIpc) is 2.99. The Bertz CT molecular complexity index is 1290. The zero-order valence-electron chi connectivity index (χ0n) is 23.6. The Hall–Kier alpha value is -5.32. The van der Waals surface area contributed by atoms with Gasteiger partial charge >= 0.3 is 18.2 Å². The van der Waals surface area contributed by atoms with E-state index >= 15 is 0 Å². The van der Waals surface area contributed by atoms with Gasteiger partial charge in [-0.15, -0.1) is 0 Å². The summed E-state index contributed by atoms with van der Waals surface area (Å²) in [6.45, 7) is 0.343. The zero-order chi connectivity index (χ0) is 32.5. The Morgan fingerprint density at radius 2 is 1.32 bits per heavy atom. The fourth-order valence-corrected chi connectivity index (χ4v) is 3.70. The number of nitrogens with one attached hydrogen (secondary N) is 3. The van der Waals surface area contributed by atoms with Crippen molar-refractivity contribution >= 4 is 35.4 Å². The molecule has 44 heavy (non-hydrogen) atoms. The molecule has 2 unspecified atom stereocenters. The van der Waals surface area contributed by atoms with Crippen LogP contribution in [0.1, 0.15) is 44.1 Å². The van der Waals surface area contributed by atoms with E-state index in [1.807, 2.05) is 0 Å². The second-order valence-electron chi connectivity index (χ2n) is 9.49. The van der Waals surface area contributed by atoms with Crippen molar-refractivity contribution in [2.75, 3.05) is 13.1 Å². The van der Waals surface area contributed by atoms with E-state index in [2.05, 4.69) is 16.0 Å². The first-order valence-electron chi connectivity index (χ1n) is 13.6. The molecule has 0 aliphatic heterocycles. The van der Waals surface area contributed by atoms with Crippen molar-refractivity contribution < 1.29 is 43.6 Å². The van der Waals surface area contributed by atoms with Crippen LogP contribution in [0.15, 0.2) is 48.5 Å². The maximum Gasteiger partial charge on any atom is 0.412 e. The summed E-state index contributed by atoms with van der Waals surface area (Å²) in [4.78, 5) is 67.8. The second-order valence-corrected chi connectivity index (χ2v) is 9.49. The third kappa shape index (κ3) is 13.1. The lowest BCUT2D eigenvalue weighted by Gasteiger charge is -2.18. The lowest BCUT2D eigenvalue weighted by molar-refractivity contribution is -0.385. The number of rotatable bonds is 18. The van der Waals surface area contributed by atoms with Gasteiger partial charge in [-0.2, -0.15) is 0 Å². The highest BCUT2D eigenvalue weighted by atomic mass is 16.6. The van der Waals surface area contributed by atoms with Gasteiger partial charge < -0.3 is 36.3 Å². The monoisotopic (exact) mass is 618 g/mol. The number of unbranched alkanes of at least 4 members (excludes halogenated alkanes) is 2. The number of nitro benzene ring substituents is 2. The van der Waals surface area contributed by atoms with Gasteiger partial charge in [0.2, 0.25) is 5.91 Å². The predicted molar refractivity (Wildman–Crippen MR) is 154 cm³/mol. The molecule has 238 valence electrons. The number of amides is 3. The van der Waals surface area contributed by atoms with Crippen LogP contribution in [0.5, 0.6) is 5.75 Å². The van der Waals surface area contributed by atoms with E-state index in [1.54, 1.807) is 0 Å². The molecule has 2 atom stereocenters. The number of carbonyl (C=O) groups is 4. The smallest absolute Gasteiger partial charge is 0.412 e. The summed E-state index contributed by atoms with van der Waals surface area (Å²) >= 11 is 0. The number of non-ortho nitro benzene ring substituents is 2. The molecule has 6 N–H and O–H groups in total. The Morgan fingerprint density at radius 1 is 0.795 bits per heavy atom. The van der Waals surface area contributed by atoms with Gasteiger partial charge in [-0.25, -0.2) is 14.4 Å². The molecule has 0 aliphatic rings. The number of carboxylic acids is 1. The molecule has 2 aromatic carbocycles. The molecule has 0 aromatic heterocycles. The minimum absolute atomic E-state index is 0.0784. The number of carbonyl (C=O) groups excluding carboxylic acids is 3. The van der Waals surface area contributed by atoms with Crippen molar-refractivity contribution in [2.24, 2.45) is 5.73 Å². The summed E-state index contributed by atoms with van der Waals surface area (Å²) in [5, 5.41) is 38.2. The van der Waals surface area contributed by atoms with Crippen LogP contribution in [0.3, 0.4) is 0 Å². The van der Waals surface area contributed by atoms with Crippen molar-refractivity contribution in [2.45, 2.75) is 57.2 Å². The Labute approximate surface area is 251 Å². The Kier molecular flexibility index (Phi) is 14.5. The summed E-state index contributed by atoms with van der Waals surface area (Å²) in [5.74, 6) is -1.72. The van der Waals surface area contributed by atoms with Crippen molar-refractivity contribution in [1.82, 2.24) is 16.0 Å². The molecule has 3 amide bonds. The van der Waals surface area contributed by atoms with Crippen LogP contribution in [0.2, 0.25) is 0 Å². The summed E-state index contributed by atoms with van der Waals surface area (Å²) < 4.78 is 10.1. The number of nitro groups is 2. The average molecular weight is 619 g/mol. The molecule has 0 bridgehead atoms.